The summed E-state index contributed by atoms with van der Waals surface area (Å²) < 4.78 is 26.4. The number of rotatable bonds is 4. The predicted molar refractivity (Wildman–Crippen MR) is 68.9 cm³/mol. The topological polar surface area (TPSA) is 109 Å². The van der Waals surface area contributed by atoms with Crippen LogP contribution in [-0.2, 0) is 10.0 Å². The Morgan fingerprint density at radius 1 is 1.42 bits per heavy atom. The summed E-state index contributed by atoms with van der Waals surface area (Å²) >= 11 is 0.905. The Kier molecular flexibility index (Phi) is 3.49. The average molecular weight is 299 g/mol. The summed E-state index contributed by atoms with van der Waals surface area (Å²) in [5.74, 6) is -1.08. The Bertz CT molecular complexity index is 710. The van der Waals surface area contributed by atoms with E-state index in [-0.39, 0.29) is 15.6 Å². The zero-order chi connectivity index (χ0) is 14.0. The van der Waals surface area contributed by atoms with Crippen molar-refractivity contribution in [2.75, 3.05) is 4.72 Å². The van der Waals surface area contributed by atoms with E-state index in [1.165, 1.54) is 18.6 Å². The van der Waals surface area contributed by atoms with E-state index >= 15 is 0 Å². The predicted octanol–water partition coefficient (Wildman–Crippen LogP) is 1.35. The molecule has 2 aromatic heterocycles. The highest BCUT2D eigenvalue weighted by molar-refractivity contribution is 7.93. The van der Waals surface area contributed by atoms with E-state index < -0.39 is 16.0 Å². The van der Waals surface area contributed by atoms with E-state index in [0.29, 0.717) is 4.88 Å². The minimum atomic E-state index is -3.86. The standard InChI is InChI=1S/C10H9N3O4S2/c1-6-8(4-7(18-6)10(14)15)19(16,17)13-9-5-11-2-3-12-9/h2-5H,1H3,(H,12,13)(H,14,15). The van der Waals surface area contributed by atoms with Crippen LogP contribution in [0.3, 0.4) is 0 Å². The number of hydrogen-bond acceptors (Lipinski definition) is 6. The summed E-state index contributed by atoms with van der Waals surface area (Å²) in [7, 11) is -3.86. The van der Waals surface area contributed by atoms with Gasteiger partial charge in [0.1, 0.15) is 9.77 Å². The second kappa shape index (κ2) is 4.94. The van der Waals surface area contributed by atoms with Crippen LogP contribution in [0, 0.1) is 6.92 Å². The first-order chi connectivity index (χ1) is 8.90. The smallest absolute Gasteiger partial charge is 0.345 e. The quantitative estimate of drug-likeness (QED) is 0.881. The lowest BCUT2D eigenvalue weighted by Gasteiger charge is -2.05. The van der Waals surface area contributed by atoms with Gasteiger partial charge < -0.3 is 5.11 Å². The molecule has 0 aliphatic rings. The van der Waals surface area contributed by atoms with Crippen molar-refractivity contribution in [3.63, 3.8) is 0 Å². The summed E-state index contributed by atoms with van der Waals surface area (Å²) in [6.45, 7) is 1.54. The number of carbonyl (C=O) groups is 1. The second-order valence-corrected chi connectivity index (χ2v) is 6.44. The van der Waals surface area contributed by atoms with Gasteiger partial charge in [0.05, 0.1) is 6.20 Å². The number of aromatic carboxylic acids is 1. The molecule has 2 heterocycles. The fourth-order valence-electron chi connectivity index (χ4n) is 1.38. The third kappa shape index (κ3) is 2.88. The molecule has 100 valence electrons. The summed E-state index contributed by atoms with van der Waals surface area (Å²) in [5, 5.41) is 8.85. The maximum Gasteiger partial charge on any atom is 0.345 e. The van der Waals surface area contributed by atoms with Crippen molar-refractivity contribution in [2.24, 2.45) is 0 Å². The zero-order valence-electron chi connectivity index (χ0n) is 9.69. The lowest BCUT2D eigenvalue weighted by atomic mass is 10.4. The number of nitrogens with one attached hydrogen (secondary N) is 1. The fraction of sp³-hybridized carbons (Fsp3) is 0.100. The van der Waals surface area contributed by atoms with Crippen molar-refractivity contribution in [3.8, 4) is 0 Å². The molecule has 0 radical (unpaired) electrons. The van der Waals surface area contributed by atoms with Crippen molar-refractivity contribution in [2.45, 2.75) is 11.8 Å². The third-order valence-corrected chi connectivity index (χ3v) is 4.82. The van der Waals surface area contributed by atoms with Crippen LogP contribution in [0.15, 0.2) is 29.6 Å². The minimum Gasteiger partial charge on any atom is -0.477 e. The first-order valence-corrected chi connectivity index (χ1v) is 7.32. The lowest BCUT2D eigenvalue weighted by Crippen LogP contribution is -2.14. The molecule has 7 nitrogen and oxygen atoms in total. The largest absolute Gasteiger partial charge is 0.477 e. The number of carboxylic acid groups (broad SMARTS) is 1. The number of anilines is 1. The molecule has 0 aromatic carbocycles. The molecule has 9 heteroatoms. The molecule has 2 N–H and O–H groups in total. The molecule has 0 fully saturated rings. The molecule has 0 unspecified atom stereocenters. The molecule has 0 aliphatic carbocycles. The van der Waals surface area contributed by atoms with Gasteiger partial charge in [-0.1, -0.05) is 0 Å². The van der Waals surface area contributed by atoms with Gasteiger partial charge in [-0.15, -0.1) is 11.3 Å². The van der Waals surface area contributed by atoms with E-state index in [2.05, 4.69) is 14.7 Å². The van der Waals surface area contributed by atoms with Crippen molar-refractivity contribution in [1.29, 1.82) is 0 Å². The SMILES string of the molecule is Cc1sc(C(=O)O)cc1S(=O)(=O)Nc1cnccn1. The Morgan fingerprint density at radius 3 is 2.68 bits per heavy atom. The van der Waals surface area contributed by atoms with Gasteiger partial charge in [0.2, 0.25) is 0 Å². The zero-order valence-corrected chi connectivity index (χ0v) is 11.3. The van der Waals surface area contributed by atoms with E-state index in [4.69, 9.17) is 5.11 Å². The van der Waals surface area contributed by atoms with E-state index in [1.807, 2.05) is 0 Å². The highest BCUT2D eigenvalue weighted by atomic mass is 32.2. The molecule has 19 heavy (non-hydrogen) atoms. The number of aryl methyl sites for hydroxylation is 1. The van der Waals surface area contributed by atoms with Gasteiger partial charge >= 0.3 is 5.97 Å². The molecular formula is C10H9N3O4S2. The Morgan fingerprint density at radius 2 is 2.16 bits per heavy atom. The Labute approximate surface area is 113 Å². The summed E-state index contributed by atoms with van der Waals surface area (Å²) in [5.41, 5.74) is 0. The molecule has 0 saturated carbocycles. The van der Waals surface area contributed by atoms with E-state index in [1.54, 1.807) is 6.92 Å². The third-order valence-electron chi connectivity index (χ3n) is 2.17. The number of carboxylic acids is 1. The molecule has 0 saturated heterocycles. The molecular weight excluding hydrogens is 290 g/mol. The molecule has 2 rings (SSSR count). The number of hydrogen-bond donors (Lipinski definition) is 2. The summed E-state index contributed by atoms with van der Waals surface area (Å²) in [6.07, 6.45) is 4.02. The van der Waals surface area contributed by atoms with Crippen molar-refractivity contribution < 1.29 is 18.3 Å². The average Bonchev–Trinajstić information content (AvgIpc) is 2.73. The molecule has 0 spiro atoms. The maximum atomic E-state index is 12.1. The van der Waals surface area contributed by atoms with Crippen molar-refractivity contribution in [3.05, 3.63) is 34.4 Å². The van der Waals surface area contributed by atoms with Crippen LogP contribution < -0.4 is 4.72 Å². The Balaban J connectivity index is 2.37. The van der Waals surface area contributed by atoms with Crippen LogP contribution in [0.5, 0.6) is 0 Å². The van der Waals surface area contributed by atoms with Gasteiger partial charge in [0.15, 0.2) is 5.82 Å². The Hall–Kier alpha value is -2.00. The van der Waals surface area contributed by atoms with Gasteiger partial charge in [-0.2, -0.15) is 0 Å². The monoisotopic (exact) mass is 299 g/mol. The normalized spacial score (nSPS) is 11.2. The fourth-order valence-corrected chi connectivity index (χ4v) is 3.81. The van der Waals surface area contributed by atoms with Crippen LogP contribution in [0.4, 0.5) is 5.82 Å². The van der Waals surface area contributed by atoms with Gasteiger partial charge in [-0.05, 0) is 13.0 Å². The highest BCUT2D eigenvalue weighted by Gasteiger charge is 2.22. The number of aromatic nitrogens is 2. The maximum absolute atomic E-state index is 12.1. The summed E-state index contributed by atoms with van der Waals surface area (Å²) in [4.78, 5) is 18.7. The number of thiophene rings is 1. The van der Waals surface area contributed by atoms with Crippen molar-refractivity contribution in [1.82, 2.24) is 9.97 Å². The second-order valence-electron chi connectivity index (χ2n) is 3.53. The van der Waals surface area contributed by atoms with Gasteiger partial charge in [-0.3, -0.25) is 9.71 Å². The van der Waals surface area contributed by atoms with Gasteiger partial charge in [0.25, 0.3) is 10.0 Å². The van der Waals surface area contributed by atoms with Gasteiger partial charge in [-0.25, -0.2) is 18.2 Å². The van der Waals surface area contributed by atoms with Crippen LogP contribution >= 0.6 is 11.3 Å². The van der Waals surface area contributed by atoms with Crippen molar-refractivity contribution >= 4 is 33.1 Å². The lowest BCUT2D eigenvalue weighted by molar-refractivity contribution is 0.0702. The highest BCUT2D eigenvalue weighted by Crippen LogP contribution is 2.26. The molecule has 0 atom stereocenters. The first-order valence-electron chi connectivity index (χ1n) is 5.03. The molecule has 0 amide bonds. The molecule has 0 bridgehead atoms. The molecule has 0 aliphatic heterocycles. The number of sulfonamides is 1. The minimum absolute atomic E-state index is 0.0305. The van der Waals surface area contributed by atoms with Crippen LogP contribution in [0.2, 0.25) is 0 Å². The number of nitrogens with zero attached hydrogens (tertiary/aromatic N) is 2. The van der Waals surface area contributed by atoms with Crippen LogP contribution in [0.1, 0.15) is 14.5 Å². The first kappa shape index (κ1) is 13.4. The van der Waals surface area contributed by atoms with E-state index in [9.17, 15) is 13.2 Å². The van der Waals surface area contributed by atoms with E-state index in [0.717, 1.165) is 17.4 Å². The summed E-state index contributed by atoms with van der Waals surface area (Å²) in [6, 6.07) is 1.13. The van der Waals surface area contributed by atoms with Gasteiger partial charge in [0, 0.05) is 17.3 Å². The van der Waals surface area contributed by atoms with Crippen LogP contribution in [0.25, 0.3) is 0 Å². The van der Waals surface area contributed by atoms with Crippen LogP contribution in [-0.4, -0.2) is 29.5 Å². The molecule has 2 aromatic rings.